The Hall–Kier alpha value is -1.73. The summed E-state index contributed by atoms with van der Waals surface area (Å²) in [7, 11) is 0. The summed E-state index contributed by atoms with van der Waals surface area (Å²) in [6.07, 6.45) is 8.10. The van der Waals surface area contributed by atoms with Gasteiger partial charge in [-0.1, -0.05) is 0 Å². The van der Waals surface area contributed by atoms with Gasteiger partial charge in [-0.25, -0.2) is 9.97 Å². The van der Waals surface area contributed by atoms with Gasteiger partial charge in [0.05, 0.1) is 19.7 Å². The third kappa shape index (κ3) is 3.99. The lowest BCUT2D eigenvalue weighted by Crippen LogP contribution is -2.67. The lowest BCUT2D eigenvalue weighted by Gasteiger charge is -2.54. The molecular weight excluding hydrogens is 334 g/mol. The number of ether oxygens (including phenoxy) is 3. The minimum absolute atomic E-state index is 0.132. The zero-order valence-electron chi connectivity index (χ0n) is 15.1. The van der Waals surface area contributed by atoms with Gasteiger partial charge in [0.2, 0.25) is 5.91 Å². The van der Waals surface area contributed by atoms with Crippen LogP contribution < -0.4 is 4.74 Å². The first-order valence-corrected chi connectivity index (χ1v) is 9.64. The number of hydrogen-bond donors (Lipinski definition) is 0. The quantitative estimate of drug-likeness (QED) is 0.794. The zero-order valence-corrected chi connectivity index (χ0v) is 15.1. The van der Waals surface area contributed by atoms with Crippen LogP contribution in [0.4, 0.5) is 0 Å². The van der Waals surface area contributed by atoms with Gasteiger partial charge in [-0.3, -0.25) is 4.79 Å². The molecule has 3 aliphatic heterocycles. The highest BCUT2D eigenvalue weighted by molar-refractivity contribution is 5.80. The zero-order chi connectivity index (χ0) is 17.8. The second kappa shape index (κ2) is 7.88. The number of amides is 1. The largest absolute Gasteiger partial charge is 0.463 e. The smallest absolute Gasteiger partial charge is 0.316 e. The molecule has 1 atom stereocenters. The van der Waals surface area contributed by atoms with Gasteiger partial charge in [0.1, 0.15) is 5.60 Å². The summed E-state index contributed by atoms with van der Waals surface area (Å²) in [6.45, 7) is 4.28. The Balaban J connectivity index is 1.22. The number of likely N-dealkylation sites (tertiary alicyclic amines) is 1. The summed E-state index contributed by atoms with van der Waals surface area (Å²) in [5.41, 5.74) is -0.132. The van der Waals surface area contributed by atoms with Crippen LogP contribution in [0.15, 0.2) is 18.5 Å². The normalized spacial score (nSPS) is 25.7. The maximum absolute atomic E-state index is 12.6. The molecular formula is C19H27N3O4. The minimum Gasteiger partial charge on any atom is -0.463 e. The number of carbonyl (C=O) groups is 1. The highest BCUT2D eigenvalue weighted by atomic mass is 16.5. The molecule has 3 aliphatic rings. The van der Waals surface area contributed by atoms with Gasteiger partial charge in [-0.05, 0) is 44.1 Å². The first kappa shape index (κ1) is 17.7. The van der Waals surface area contributed by atoms with E-state index in [9.17, 15) is 4.79 Å². The van der Waals surface area contributed by atoms with Gasteiger partial charge in [0.15, 0.2) is 0 Å². The molecule has 0 N–H and O–H groups in total. The van der Waals surface area contributed by atoms with Crippen molar-refractivity contribution in [2.75, 3.05) is 39.5 Å². The van der Waals surface area contributed by atoms with Gasteiger partial charge >= 0.3 is 6.01 Å². The molecule has 0 saturated carbocycles. The summed E-state index contributed by atoms with van der Waals surface area (Å²) < 4.78 is 17.1. The van der Waals surface area contributed by atoms with Crippen molar-refractivity contribution in [3.05, 3.63) is 18.5 Å². The van der Waals surface area contributed by atoms with Crippen molar-refractivity contribution in [3.63, 3.8) is 0 Å². The summed E-state index contributed by atoms with van der Waals surface area (Å²) in [6, 6.07) is 2.21. The molecule has 0 unspecified atom stereocenters. The van der Waals surface area contributed by atoms with Crippen molar-refractivity contribution in [3.8, 4) is 6.01 Å². The van der Waals surface area contributed by atoms with Crippen LogP contribution in [0.5, 0.6) is 6.01 Å². The summed E-state index contributed by atoms with van der Waals surface area (Å²) in [5.74, 6) is 0.988. The van der Waals surface area contributed by atoms with Crippen LogP contribution in [-0.2, 0) is 14.3 Å². The van der Waals surface area contributed by atoms with Crippen molar-refractivity contribution < 1.29 is 19.0 Å². The predicted molar refractivity (Wildman–Crippen MR) is 93.7 cm³/mol. The van der Waals surface area contributed by atoms with Crippen LogP contribution in [0.3, 0.4) is 0 Å². The molecule has 4 heterocycles. The Kier molecular flexibility index (Phi) is 5.36. The second-order valence-corrected chi connectivity index (χ2v) is 7.64. The average molecular weight is 361 g/mol. The Labute approximate surface area is 154 Å². The number of aromatic nitrogens is 2. The fraction of sp³-hybridized carbons (Fsp3) is 0.737. The lowest BCUT2D eigenvalue weighted by atomic mass is 9.78. The summed E-state index contributed by atoms with van der Waals surface area (Å²) >= 11 is 0. The van der Waals surface area contributed by atoms with Gasteiger partial charge < -0.3 is 19.1 Å². The highest BCUT2D eigenvalue weighted by Gasteiger charge is 2.50. The molecule has 1 aromatic rings. The van der Waals surface area contributed by atoms with Crippen molar-refractivity contribution >= 4 is 5.91 Å². The Bertz CT molecular complexity index is 600. The molecule has 4 rings (SSSR count). The highest BCUT2D eigenvalue weighted by Crippen LogP contribution is 2.39. The molecule has 1 spiro atoms. The number of hydrogen-bond acceptors (Lipinski definition) is 6. The minimum atomic E-state index is -0.132. The first-order chi connectivity index (χ1) is 12.7. The van der Waals surface area contributed by atoms with Crippen LogP contribution in [-0.4, -0.2) is 65.9 Å². The van der Waals surface area contributed by atoms with Crippen LogP contribution in [0.1, 0.15) is 32.1 Å². The molecule has 0 radical (unpaired) electrons. The monoisotopic (exact) mass is 361 g/mol. The Morgan fingerprint density at radius 2 is 1.96 bits per heavy atom. The third-order valence-corrected chi connectivity index (χ3v) is 5.73. The first-order valence-electron chi connectivity index (χ1n) is 9.64. The fourth-order valence-corrected chi connectivity index (χ4v) is 4.28. The molecule has 142 valence electrons. The molecule has 1 aromatic heterocycles. The fourth-order valence-electron chi connectivity index (χ4n) is 4.28. The van der Waals surface area contributed by atoms with E-state index in [0.29, 0.717) is 31.7 Å². The molecule has 0 aromatic carbocycles. The Morgan fingerprint density at radius 1 is 1.19 bits per heavy atom. The van der Waals surface area contributed by atoms with Crippen molar-refractivity contribution in [1.29, 1.82) is 0 Å². The van der Waals surface area contributed by atoms with E-state index < -0.39 is 0 Å². The van der Waals surface area contributed by atoms with E-state index in [1.807, 2.05) is 4.90 Å². The SMILES string of the molecule is O=C(C1CCOCC1)N1CC2(C[C@@H](CCOc3ncccn3)CCO2)C1. The van der Waals surface area contributed by atoms with Gasteiger partial charge in [0.25, 0.3) is 0 Å². The molecule has 7 nitrogen and oxygen atoms in total. The maximum Gasteiger partial charge on any atom is 0.316 e. The van der Waals surface area contributed by atoms with E-state index in [0.717, 1.165) is 51.8 Å². The van der Waals surface area contributed by atoms with Crippen molar-refractivity contribution in [1.82, 2.24) is 14.9 Å². The molecule has 0 bridgehead atoms. The van der Waals surface area contributed by atoms with Crippen molar-refractivity contribution in [2.24, 2.45) is 11.8 Å². The van der Waals surface area contributed by atoms with E-state index >= 15 is 0 Å². The summed E-state index contributed by atoms with van der Waals surface area (Å²) in [4.78, 5) is 22.7. The van der Waals surface area contributed by atoms with E-state index in [4.69, 9.17) is 14.2 Å². The number of nitrogens with zero attached hydrogens (tertiary/aromatic N) is 3. The Morgan fingerprint density at radius 3 is 2.73 bits per heavy atom. The van der Waals surface area contributed by atoms with E-state index in [1.165, 1.54) is 0 Å². The van der Waals surface area contributed by atoms with Crippen LogP contribution in [0.25, 0.3) is 0 Å². The molecule has 3 saturated heterocycles. The van der Waals surface area contributed by atoms with Gasteiger partial charge in [-0.15, -0.1) is 0 Å². The molecule has 7 heteroatoms. The molecule has 26 heavy (non-hydrogen) atoms. The van der Waals surface area contributed by atoms with Gasteiger partial charge in [-0.2, -0.15) is 0 Å². The maximum atomic E-state index is 12.6. The van der Waals surface area contributed by atoms with E-state index in [1.54, 1.807) is 18.5 Å². The number of rotatable bonds is 5. The average Bonchev–Trinajstić information content (AvgIpc) is 2.67. The molecule has 0 aliphatic carbocycles. The third-order valence-electron chi connectivity index (χ3n) is 5.73. The van der Waals surface area contributed by atoms with Crippen molar-refractivity contribution in [2.45, 2.75) is 37.7 Å². The topological polar surface area (TPSA) is 73.8 Å². The second-order valence-electron chi connectivity index (χ2n) is 7.64. The van der Waals surface area contributed by atoms with E-state index in [2.05, 4.69) is 9.97 Å². The number of carbonyl (C=O) groups excluding carboxylic acids is 1. The molecule has 3 fully saturated rings. The van der Waals surface area contributed by atoms with Crippen LogP contribution in [0, 0.1) is 11.8 Å². The lowest BCUT2D eigenvalue weighted by molar-refractivity contribution is -0.192. The predicted octanol–water partition coefficient (Wildman–Crippen LogP) is 1.68. The standard InChI is InChI=1S/C19H27N3O4/c23-17(16-4-8-24-9-5-16)22-13-19(14-22)12-15(3-11-26-19)2-10-25-18-20-6-1-7-21-18/h1,6-7,15-16H,2-5,8-14H2/t15-/m0/s1. The van der Waals surface area contributed by atoms with Gasteiger partial charge in [0, 0.05) is 38.1 Å². The van der Waals surface area contributed by atoms with E-state index in [-0.39, 0.29) is 17.4 Å². The van der Waals surface area contributed by atoms with Crippen LogP contribution in [0.2, 0.25) is 0 Å². The summed E-state index contributed by atoms with van der Waals surface area (Å²) in [5, 5.41) is 0. The molecule has 1 amide bonds. The van der Waals surface area contributed by atoms with Crippen LogP contribution >= 0.6 is 0 Å².